The molecule has 3 N–H and O–H groups in total. The quantitative estimate of drug-likeness (QED) is 0.828. The van der Waals surface area contributed by atoms with E-state index in [0.29, 0.717) is 18.9 Å². The Kier molecular flexibility index (Phi) is 4.73. The van der Waals surface area contributed by atoms with Gasteiger partial charge in [-0.1, -0.05) is 6.07 Å². The molecule has 0 amide bonds. The Labute approximate surface area is 117 Å². The molecule has 2 aromatic rings. The second kappa shape index (κ2) is 6.72. The highest BCUT2D eigenvalue weighted by molar-refractivity contribution is 5.60. The topological polar surface area (TPSA) is 84.2 Å². The maximum absolute atomic E-state index is 11.9. The zero-order chi connectivity index (χ0) is 14.4. The van der Waals surface area contributed by atoms with Crippen LogP contribution >= 0.6 is 0 Å². The molecule has 0 fully saturated rings. The Balaban J connectivity index is 2.41. The summed E-state index contributed by atoms with van der Waals surface area (Å²) in [5, 5.41) is 0. The molecule has 1 aromatic heterocycles. The van der Waals surface area contributed by atoms with E-state index in [9.17, 15) is 4.79 Å². The zero-order valence-electron chi connectivity index (χ0n) is 11.4. The number of anilines is 2. The van der Waals surface area contributed by atoms with Crippen molar-refractivity contribution in [1.82, 2.24) is 9.97 Å². The molecule has 0 atom stereocenters. The normalized spacial score (nSPS) is 10.3. The molecule has 20 heavy (non-hydrogen) atoms. The first-order valence-electron chi connectivity index (χ1n) is 6.41. The Morgan fingerprint density at radius 1 is 1.45 bits per heavy atom. The molecule has 0 bridgehead atoms. The molecule has 6 nitrogen and oxygen atoms in total. The van der Waals surface area contributed by atoms with E-state index in [-0.39, 0.29) is 5.56 Å². The van der Waals surface area contributed by atoms with Crippen LogP contribution in [0.5, 0.6) is 5.75 Å². The van der Waals surface area contributed by atoms with Crippen molar-refractivity contribution in [3.05, 3.63) is 47.0 Å². The highest BCUT2D eigenvalue weighted by Crippen LogP contribution is 2.25. The lowest BCUT2D eigenvalue weighted by atomic mass is 10.2. The SMILES string of the molecule is COc1cccc(N(CCCN)c2ncc[nH]c2=O)c1. The van der Waals surface area contributed by atoms with Gasteiger partial charge in [0, 0.05) is 30.7 Å². The summed E-state index contributed by atoms with van der Waals surface area (Å²) < 4.78 is 5.22. The Hall–Kier alpha value is -2.34. The van der Waals surface area contributed by atoms with E-state index in [0.717, 1.165) is 17.9 Å². The van der Waals surface area contributed by atoms with E-state index in [2.05, 4.69) is 9.97 Å². The van der Waals surface area contributed by atoms with Crippen LogP contribution in [-0.2, 0) is 0 Å². The molecule has 0 aliphatic rings. The minimum Gasteiger partial charge on any atom is -0.497 e. The molecule has 0 radical (unpaired) electrons. The van der Waals surface area contributed by atoms with Crippen LogP contribution in [0.25, 0.3) is 0 Å². The largest absolute Gasteiger partial charge is 0.497 e. The molecule has 1 heterocycles. The van der Waals surface area contributed by atoms with Gasteiger partial charge in [-0.05, 0) is 25.1 Å². The van der Waals surface area contributed by atoms with Crippen molar-refractivity contribution < 1.29 is 4.74 Å². The van der Waals surface area contributed by atoms with Crippen LogP contribution < -0.4 is 20.9 Å². The number of hydrogen-bond donors (Lipinski definition) is 2. The Morgan fingerprint density at radius 3 is 3.00 bits per heavy atom. The molecule has 6 heteroatoms. The van der Waals surface area contributed by atoms with Gasteiger partial charge in [0.2, 0.25) is 0 Å². The number of rotatable bonds is 6. The predicted molar refractivity (Wildman–Crippen MR) is 78.5 cm³/mol. The summed E-state index contributed by atoms with van der Waals surface area (Å²) in [5.74, 6) is 1.09. The Bertz CT molecular complexity index is 612. The van der Waals surface area contributed by atoms with Crippen LogP contribution in [0.2, 0.25) is 0 Å². The molecule has 1 aromatic carbocycles. The fraction of sp³-hybridized carbons (Fsp3) is 0.286. The molecule has 106 valence electrons. The van der Waals surface area contributed by atoms with Crippen LogP contribution in [0, 0.1) is 0 Å². The lowest BCUT2D eigenvalue weighted by Crippen LogP contribution is -2.28. The van der Waals surface area contributed by atoms with Crippen molar-refractivity contribution in [3.8, 4) is 5.75 Å². The number of nitrogens with two attached hydrogens (primary N) is 1. The van der Waals surface area contributed by atoms with Crippen LogP contribution in [-0.4, -0.2) is 30.2 Å². The number of hydrogen-bond acceptors (Lipinski definition) is 5. The highest BCUT2D eigenvalue weighted by atomic mass is 16.5. The lowest BCUT2D eigenvalue weighted by molar-refractivity contribution is 0.415. The average molecular weight is 274 g/mol. The maximum Gasteiger partial charge on any atom is 0.291 e. The average Bonchev–Trinajstić information content (AvgIpc) is 2.49. The van der Waals surface area contributed by atoms with E-state index < -0.39 is 0 Å². The first-order valence-corrected chi connectivity index (χ1v) is 6.41. The molecule has 0 spiro atoms. The predicted octanol–water partition coefficient (Wildman–Crippen LogP) is 1.27. The zero-order valence-corrected chi connectivity index (χ0v) is 11.4. The van der Waals surface area contributed by atoms with Crippen molar-refractivity contribution in [2.75, 3.05) is 25.1 Å². The lowest BCUT2D eigenvalue weighted by Gasteiger charge is -2.23. The molecule has 0 aliphatic carbocycles. The molecule has 0 unspecified atom stereocenters. The van der Waals surface area contributed by atoms with Crippen molar-refractivity contribution in [1.29, 1.82) is 0 Å². The molecule has 0 saturated heterocycles. The summed E-state index contributed by atoms with van der Waals surface area (Å²) in [6, 6.07) is 7.51. The van der Waals surface area contributed by atoms with Gasteiger partial charge in [0.25, 0.3) is 5.56 Å². The third-order valence-corrected chi connectivity index (χ3v) is 2.90. The number of ether oxygens (including phenoxy) is 1. The number of H-pyrrole nitrogens is 1. The smallest absolute Gasteiger partial charge is 0.291 e. The number of aromatic nitrogens is 2. The van der Waals surface area contributed by atoms with E-state index in [4.69, 9.17) is 10.5 Å². The van der Waals surface area contributed by atoms with Crippen molar-refractivity contribution in [2.24, 2.45) is 5.73 Å². The van der Waals surface area contributed by atoms with Gasteiger partial charge >= 0.3 is 0 Å². The summed E-state index contributed by atoms with van der Waals surface area (Å²) in [6.07, 6.45) is 3.83. The monoisotopic (exact) mass is 274 g/mol. The summed E-state index contributed by atoms with van der Waals surface area (Å²) >= 11 is 0. The molecule has 0 aliphatic heterocycles. The number of nitrogens with zero attached hydrogens (tertiary/aromatic N) is 2. The Morgan fingerprint density at radius 2 is 2.30 bits per heavy atom. The minimum atomic E-state index is -0.229. The highest BCUT2D eigenvalue weighted by Gasteiger charge is 2.14. The summed E-state index contributed by atoms with van der Waals surface area (Å²) in [5.41, 5.74) is 6.19. The fourth-order valence-corrected chi connectivity index (χ4v) is 1.92. The molecular weight excluding hydrogens is 256 g/mol. The van der Waals surface area contributed by atoms with Crippen molar-refractivity contribution in [3.63, 3.8) is 0 Å². The van der Waals surface area contributed by atoms with Crippen LogP contribution in [0.4, 0.5) is 11.5 Å². The summed E-state index contributed by atoms with van der Waals surface area (Å²) in [7, 11) is 1.61. The van der Waals surface area contributed by atoms with Gasteiger partial charge in [-0.25, -0.2) is 4.98 Å². The number of aromatic amines is 1. The first kappa shape index (κ1) is 14.1. The minimum absolute atomic E-state index is 0.229. The fourth-order valence-electron chi connectivity index (χ4n) is 1.92. The van der Waals surface area contributed by atoms with Gasteiger partial charge in [0.05, 0.1) is 7.11 Å². The van der Waals surface area contributed by atoms with Crippen LogP contribution in [0.3, 0.4) is 0 Å². The second-order valence-electron chi connectivity index (χ2n) is 4.24. The number of benzene rings is 1. The summed E-state index contributed by atoms with van der Waals surface area (Å²) in [4.78, 5) is 20.6. The van der Waals surface area contributed by atoms with E-state index in [1.54, 1.807) is 13.3 Å². The molecular formula is C14H18N4O2. The van der Waals surface area contributed by atoms with Gasteiger partial charge in [0.15, 0.2) is 5.82 Å². The molecule has 0 saturated carbocycles. The van der Waals surface area contributed by atoms with Gasteiger partial charge in [-0.3, -0.25) is 4.79 Å². The van der Waals surface area contributed by atoms with Gasteiger partial charge in [-0.2, -0.15) is 0 Å². The van der Waals surface area contributed by atoms with Crippen molar-refractivity contribution in [2.45, 2.75) is 6.42 Å². The third-order valence-electron chi connectivity index (χ3n) is 2.90. The molecule has 2 rings (SSSR count). The summed E-state index contributed by atoms with van der Waals surface area (Å²) in [6.45, 7) is 1.16. The third kappa shape index (κ3) is 3.16. The van der Waals surface area contributed by atoms with Gasteiger partial charge < -0.3 is 20.4 Å². The first-order chi connectivity index (χ1) is 9.76. The number of nitrogens with one attached hydrogen (secondary N) is 1. The van der Waals surface area contributed by atoms with Gasteiger partial charge in [-0.15, -0.1) is 0 Å². The van der Waals surface area contributed by atoms with Crippen LogP contribution in [0.15, 0.2) is 41.5 Å². The van der Waals surface area contributed by atoms with E-state index in [1.165, 1.54) is 6.20 Å². The van der Waals surface area contributed by atoms with Crippen LogP contribution in [0.1, 0.15) is 6.42 Å². The number of methoxy groups -OCH3 is 1. The van der Waals surface area contributed by atoms with E-state index in [1.807, 2.05) is 29.2 Å². The second-order valence-corrected chi connectivity index (χ2v) is 4.24. The van der Waals surface area contributed by atoms with E-state index >= 15 is 0 Å². The standard InChI is InChI=1S/C14H18N4O2/c1-20-12-5-2-4-11(10-12)18(9-3-6-15)13-14(19)17-8-7-16-13/h2,4-5,7-8,10H,3,6,9,15H2,1H3,(H,17,19). The van der Waals surface area contributed by atoms with Crippen molar-refractivity contribution >= 4 is 11.5 Å². The van der Waals surface area contributed by atoms with Gasteiger partial charge in [0.1, 0.15) is 5.75 Å². The maximum atomic E-state index is 11.9.